The van der Waals surface area contributed by atoms with Gasteiger partial charge in [-0.3, -0.25) is 9.59 Å². The highest BCUT2D eigenvalue weighted by Gasteiger charge is 2.15. The molecule has 0 aliphatic carbocycles. The summed E-state index contributed by atoms with van der Waals surface area (Å²) >= 11 is 1.49. The maximum Gasteiger partial charge on any atom is 0.437 e. The third kappa shape index (κ3) is 4.89. The van der Waals surface area contributed by atoms with Crippen LogP contribution in [0.3, 0.4) is 0 Å². The average Bonchev–Trinajstić information content (AvgIpc) is 3.08. The Morgan fingerprint density at radius 1 is 1.14 bits per heavy atom. The molecule has 1 amide bonds. The Balaban J connectivity index is 1.55. The molecule has 8 nitrogen and oxygen atoms in total. The van der Waals surface area contributed by atoms with Crippen molar-refractivity contribution >= 4 is 29.3 Å². The number of ether oxygens (including phenoxy) is 1. The second-order valence-corrected chi connectivity index (χ2v) is 6.45. The smallest absolute Gasteiger partial charge is 0.437 e. The summed E-state index contributed by atoms with van der Waals surface area (Å²) in [5.74, 6) is -1.94. The number of nitrogens with zero attached hydrogens (tertiary/aromatic N) is 2. The highest BCUT2D eigenvalue weighted by atomic mass is 32.2. The fourth-order valence-corrected chi connectivity index (χ4v) is 2.91. The van der Waals surface area contributed by atoms with Gasteiger partial charge in [-0.2, -0.15) is 4.68 Å². The molecule has 0 aliphatic rings. The highest BCUT2D eigenvalue weighted by Crippen LogP contribution is 2.24. The largest absolute Gasteiger partial charge is 0.454 e. The molecule has 0 fully saturated rings. The van der Waals surface area contributed by atoms with Crippen molar-refractivity contribution in [3.8, 4) is 11.5 Å². The molecule has 9 heteroatoms. The Morgan fingerprint density at radius 2 is 1.86 bits per heavy atom. The molecule has 0 saturated carbocycles. The number of rotatable bonds is 7. The summed E-state index contributed by atoms with van der Waals surface area (Å²) in [6.45, 7) is -0.927. The van der Waals surface area contributed by atoms with Gasteiger partial charge in [0, 0.05) is 10.5 Å². The topological polar surface area (TPSA) is 103 Å². The quantitative estimate of drug-likeness (QED) is 0.481. The first-order valence-corrected chi connectivity index (χ1v) is 9.51. The van der Waals surface area contributed by atoms with Crippen LogP contribution in [0.5, 0.6) is 0 Å². The number of carbonyl (C=O) groups excluding carboxylic acids is 2. The zero-order chi connectivity index (χ0) is 19.9. The number of thioether (sulfide) groups is 1. The Kier molecular flexibility index (Phi) is 6.28. The SMILES string of the molecule is CSc1ccccc1NC(=O)COC(=O)Cn1nc(-c2ccccc2)oc1=O. The van der Waals surface area contributed by atoms with Crippen molar-refractivity contribution in [2.24, 2.45) is 0 Å². The third-order valence-corrected chi connectivity index (χ3v) is 4.45. The number of amides is 1. The van der Waals surface area contributed by atoms with Gasteiger partial charge in [-0.15, -0.1) is 16.9 Å². The molecule has 0 radical (unpaired) electrons. The minimum absolute atomic E-state index is 0.102. The van der Waals surface area contributed by atoms with Gasteiger partial charge in [-0.25, -0.2) is 4.79 Å². The predicted molar refractivity (Wildman–Crippen MR) is 104 cm³/mol. The Labute approximate surface area is 164 Å². The summed E-state index contributed by atoms with van der Waals surface area (Å²) < 4.78 is 10.8. The zero-order valence-corrected chi connectivity index (χ0v) is 15.8. The molecule has 0 spiro atoms. The Hall–Kier alpha value is -3.33. The van der Waals surface area contributed by atoms with E-state index in [2.05, 4.69) is 10.4 Å². The second-order valence-electron chi connectivity index (χ2n) is 5.61. The summed E-state index contributed by atoms with van der Waals surface area (Å²) in [7, 11) is 0. The molecule has 2 aromatic carbocycles. The molecule has 0 unspecified atom stereocenters. The van der Waals surface area contributed by atoms with E-state index in [0.717, 1.165) is 9.58 Å². The van der Waals surface area contributed by atoms with E-state index in [-0.39, 0.29) is 5.89 Å². The van der Waals surface area contributed by atoms with E-state index < -0.39 is 30.8 Å². The number of benzene rings is 2. The Morgan fingerprint density at radius 3 is 2.61 bits per heavy atom. The maximum absolute atomic E-state index is 12.0. The highest BCUT2D eigenvalue weighted by molar-refractivity contribution is 7.98. The van der Waals surface area contributed by atoms with Gasteiger partial charge >= 0.3 is 11.7 Å². The van der Waals surface area contributed by atoms with Gasteiger partial charge in [0.2, 0.25) is 5.89 Å². The molecule has 1 N–H and O–H groups in total. The molecule has 1 aromatic heterocycles. The lowest BCUT2D eigenvalue weighted by molar-refractivity contribution is -0.148. The number of esters is 1. The van der Waals surface area contributed by atoms with Crippen LogP contribution in [0.1, 0.15) is 0 Å². The van der Waals surface area contributed by atoms with Crippen LogP contribution in [0.15, 0.2) is 68.7 Å². The van der Waals surface area contributed by atoms with Crippen LogP contribution in [0.25, 0.3) is 11.5 Å². The molecule has 0 atom stereocenters. The maximum atomic E-state index is 12.0. The number of hydrogen-bond acceptors (Lipinski definition) is 7. The number of nitrogens with one attached hydrogen (secondary N) is 1. The monoisotopic (exact) mass is 399 g/mol. The van der Waals surface area contributed by atoms with E-state index in [1.54, 1.807) is 36.4 Å². The van der Waals surface area contributed by atoms with Gasteiger partial charge < -0.3 is 14.5 Å². The number of aromatic nitrogens is 2. The van der Waals surface area contributed by atoms with Crippen molar-refractivity contribution in [2.75, 3.05) is 18.2 Å². The van der Waals surface area contributed by atoms with Crippen LogP contribution in [-0.4, -0.2) is 34.5 Å². The standard InChI is InChI=1S/C19H17N3O5S/c1-28-15-10-6-5-9-14(15)20-16(23)12-26-17(24)11-22-19(25)27-18(21-22)13-7-3-2-4-8-13/h2-10H,11-12H2,1H3,(H,20,23). The molecule has 0 saturated heterocycles. The first-order chi connectivity index (χ1) is 13.6. The van der Waals surface area contributed by atoms with Crippen LogP contribution in [0.2, 0.25) is 0 Å². The molecular weight excluding hydrogens is 382 g/mol. The zero-order valence-electron chi connectivity index (χ0n) is 15.0. The summed E-state index contributed by atoms with van der Waals surface area (Å²) in [5.41, 5.74) is 1.25. The summed E-state index contributed by atoms with van der Waals surface area (Å²) in [5, 5.41) is 6.65. The van der Waals surface area contributed by atoms with E-state index in [4.69, 9.17) is 9.15 Å². The Bertz CT molecular complexity index is 1030. The summed E-state index contributed by atoms with van der Waals surface area (Å²) in [6, 6.07) is 16.1. The number of anilines is 1. The minimum atomic E-state index is -0.783. The first kappa shape index (κ1) is 19.4. The fraction of sp³-hybridized carbons (Fsp3) is 0.158. The molecular formula is C19H17N3O5S. The van der Waals surface area contributed by atoms with Crippen molar-refractivity contribution in [3.05, 3.63) is 65.1 Å². The molecule has 0 bridgehead atoms. The van der Waals surface area contributed by atoms with E-state index in [0.29, 0.717) is 11.3 Å². The lowest BCUT2D eigenvalue weighted by atomic mass is 10.2. The molecule has 1 heterocycles. The summed E-state index contributed by atoms with van der Waals surface area (Å²) in [6.07, 6.45) is 1.89. The van der Waals surface area contributed by atoms with E-state index in [9.17, 15) is 14.4 Å². The first-order valence-electron chi connectivity index (χ1n) is 8.28. The van der Waals surface area contributed by atoms with Gasteiger partial charge in [0.05, 0.1) is 5.69 Å². The van der Waals surface area contributed by atoms with Crippen LogP contribution < -0.4 is 11.1 Å². The summed E-state index contributed by atoms with van der Waals surface area (Å²) in [4.78, 5) is 36.7. The number of hydrogen-bond donors (Lipinski definition) is 1. The minimum Gasteiger partial charge on any atom is -0.454 e. The van der Waals surface area contributed by atoms with Gasteiger partial charge in [-0.1, -0.05) is 30.3 Å². The van der Waals surface area contributed by atoms with Crippen LogP contribution in [0.4, 0.5) is 5.69 Å². The number of para-hydroxylation sites is 1. The lowest BCUT2D eigenvalue weighted by Crippen LogP contribution is -2.26. The van der Waals surface area contributed by atoms with Gasteiger partial charge in [0.1, 0.15) is 6.54 Å². The second kappa shape index (κ2) is 9.05. The van der Waals surface area contributed by atoms with Crippen LogP contribution in [0, 0.1) is 0 Å². The molecule has 3 aromatic rings. The predicted octanol–water partition coefficient (Wildman–Crippen LogP) is 2.41. The molecule has 28 heavy (non-hydrogen) atoms. The van der Waals surface area contributed by atoms with Crippen molar-refractivity contribution in [1.82, 2.24) is 9.78 Å². The van der Waals surface area contributed by atoms with Crippen LogP contribution in [-0.2, 0) is 20.9 Å². The van der Waals surface area contributed by atoms with Crippen molar-refractivity contribution in [2.45, 2.75) is 11.4 Å². The van der Waals surface area contributed by atoms with E-state index in [1.807, 2.05) is 24.5 Å². The van der Waals surface area contributed by atoms with Crippen molar-refractivity contribution in [3.63, 3.8) is 0 Å². The molecule has 3 rings (SSSR count). The van der Waals surface area contributed by atoms with Crippen molar-refractivity contribution < 1.29 is 18.7 Å². The fourth-order valence-electron chi connectivity index (χ4n) is 2.35. The van der Waals surface area contributed by atoms with Gasteiger partial charge in [0.25, 0.3) is 5.91 Å². The third-order valence-electron chi connectivity index (χ3n) is 3.65. The van der Waals surface area contributed by atoms with Gasteiger partial charge in [0.15, 0.2) is 6.61 Å². The van der Waals surface area contributed by atoms with Crippen molar-refractivity contribution in [1.29, 1.82) is 0 Å². The average molecular weight is 399 g/mol. The molecule has 144 valence electrons. The number of carbonyl (C=O) groups is 2. The normalized spacial score (nSPS) is 10.5. The lowest BCUT2D eigenvalue weighted by Gasteiger charge is -2.09. The van der Waals surface area contributed by atoms with Crippen LogP contribution >= 0.6 is 11.8 Å². The van der Waals surface area contributed by atoms with E-state index >= 15 is 0 Å². The van der Waals surface area contributed by atoms with Gasteiger partial charge in [-0.05, 0) is 30.5 Å². The molecule has 0 aliphatic heterocycles. The van der Waals surface area contributed by atoms with E-state index in [1.165, 1.54) is 11.8 Å².